The number of quaternary nitrogens is 1. The summed E-state index contributed by atoms with van der Waals surface area (Å²) < 4.78 is 58.9. The van der Waals surface area contributed by atoms with E-state index in [-0.39, 0.29) is 0 Å². The quantitative estimate of drug-likeness (QED) is 0.209. The molecule has 0 radical (unpaired) electrons. The fourth-order valence-corrected chi connectivity index (χ4v) is 4.12. The van der Waals surface area contributed by atoms with Crippen LogP contribution in [0.3, 0.4) is 0 Å². The average Bonchev–Trinajstić information content (AvgIpc) is 2.67. The zero-order valence-electron chi connectivity index (χ0n) is 19.1. The number of hydrogen-bond donors (Lipinski definition) is 1. The zero-order valence-corrected chi connectivity index (χ0v) is 19.9. The van der Waals surface area contributed by atoms with Crippen LogP contribution < -0.4 is 4.90 Å². The molecule has 1 saturated heterocycles. The van der Waals surface area contributed by atoms with E-state index in [1.54, 1.807) is 0 Å². The first-order valence-corrected chi connectivity index (χ1v) is 13.4. The van der Waals surface area contributed by atoms with E-state index >= 15 is 0 Å². The Kier molecular flexibility index (Phi) is 17.0. The lowest BCUT2D eigenvalue weighted by Gasteiger charge is -2.32. The molecule has 0 aromatic rings. The smallest absolute Gasteiger partial charge is 0.485 e. The van der Waals surface area contributed by atoms with Crippen LogP contribution in [0, 0.1) is 0 Å². The van der Waals surface area contributed by atoms with Gasteiger partial charge in [-0.2, -0.15) is 13.2 Å². The van der Waals surface area contributed by atoms with Crippen molar-refractivity contribution in [2.75, 3.05) is 13.1 Å². The second-order valence-electron chi connectivity index (χ2n) is 8.58. The maximum absolute atomic E-state index is 10.7. The van der Waals surface area contributed by atoms with Gasteiger partial charge in [0.2, 0.25) is 0 Å². The second-order valence-corrected chi connectivity index (χ2v) is 9.95. The van der Waals surface area contributed by atoms with E-state index in [0.717, 1.165) is 6.04 Å². The van der Waals surface area contributed by atoms with Crippen molar-refractivity contribution >= 4 is 10.1 Å². The van der Waals surface area contributed by atoms with Crippen LogP contribution in [0.1, 0.15) is 117 Å². The van der Waals surface area contributed by atoms with Gasteiger partial charge in [0.05, 0.1) is 19.1 Å². The Morgan fingerprint density at radius 3 is 1.77 bits per heavy atom. The standard InChI is InChI=1S/C21H43N.CHF3O3S/c1-3-5-7-8-9-10-11-12-13-15-19-22-20-16-14-18-21(22)17-6-4-2;2-1(3,4)8(5,6)7/h21H,3-20H2,1-2H3;(H,5,6,7). The molecule has 1 rings (SSSR count). The number of nitrogens with one attached hydrogen (secondary N) is 1. The predicted molar refractivity (Wildman–Crippen MR) is 115 cm³/mol. The Labute approximate surface area is 182 Å². The van der Waals surface area contributed by atoms with Gasteiger partial charge in [-0.25, -0.2) is 8.42 Å². The van der Waals surface area contributed by atoms with E-state index < -0.39 is 15.6 Å². The topological polar surface area (TPSA) is 61.6 Å². The van der Waals surface area contributed by atoms with E-state index in [0.29, 0.717) is 0 Å². The number of hydrogen-bond acceptors (Lipinski definition) is 3. The summed E-state index contributed by atoms with van der Waals surface area (Å²) in [5.74, 6) is 0. The summed E-state index contributed by atoms with van der Waals surface area (Å²) in [5.41, 5.74) is -5.65. The van der Waals surface area contributed by atoms with Crippen LogP contribution in [0.15, 0.2) is 0 Å². The highest BCUT2D eigenvalue weighted by Crippen LogP contribution is 2.20. The van der Waals surface area contributed by atoms with E-state index in [9.17, 15) is 13.2 Å². The highest BCUT2D eigenvalue weighted by molar-refractivity contribution is 7.86. The van der Waals surface area contributed by atoms with Crippen LogP contribution in [0.5, 0.6) is 0 Å². The summed E-state index contributed by atoms with van der Waals surface area (Å²) in [6.07, 6.45) is 23.5. The lowest BCUT2D eigenvalue weighted by atomic mass is 9.97. The fourth-order valence-electron chi connectivity index (χ4n) is 4.12. The molecule has 0 bridgehead atoms. The van der Waals surface area contributed by atoms with Crippen LogP contribution in [0.2, 0.25) is 0 Å². The van der Waals surface area contributed by atoms with Gasteiger partial charge in [-0.3, -0.25) is 0 Å². The van der Waals surface area contributed by atoms with Crippen molar-refractivity contribution in [2.45, 2.75) is 128 Å². The van der Waals surface area contributed by atoms with Gasteiger partial charge in [0, 0.05) is 0 Å². The maximum Gasteiger partial charge on any atom is 0.485 e. The molecular weight excluding hydrogens is 415 g/mol. The highest BCUT2D eigenvalue weighted by atomic mass is 32.2. The van der Waals surface area contributed by atoms with Gasteiger partial charge in [0.25, 0.3) is 0 Å². The van der Waals surface area contributed by atoms with E-state index in [1.807, 2.05) is 4.90 Å². The minimum atomic E-state index is -6.09. The third kappa shape index (κ3) is 15.5. The first-order valence-electron chi connectivity index (χ1n) is 12.0. The zero-order chi connectivity index (χ0) is 22.9. The minimum Gasteiger partial charge on any atom is -0.741 e. The van der Waals surface area contributed by atoms with E-state index in [1.165, 1.54) is 116 Å². The molecule has 0 saturated carbocycles. The summed E-state index contributed by atoms with van der Waals surface area (Å²) in [5, 5.41) is 0. The van der Waals surface area contributed by atoms with Gasteiger partial charge in [-0.1, -0.05) is 71.6 Å². The average molecular weight is 460 g/mol. The van der Waals surface area contributed by atoms with E-state index in [2.05, 4.69) is 13.8 Å². The lowest BCUT2D eigenvalue weighted by Crippen LogP contribution is -3.16. The van der Waals surface area contributed by atoms with Crippen LogP contribution in [0.25, 0.3) is 0 Å². The molecule has 8 heteroatoms. The molecule has 1 heterocycles. The largest absolute Gasteiger partial charge is 0.741 e. The lowest BCUT2D eigenvalue weighted by molar-refractivity contribution is -0.931. The number of rotatable bonds is 14. The Hall–Kier alpha value is -0.340. The number of likely N-dealkylation sites (tertiary alicyclic amines) is 1. The fraction of sp³-hybridized carbons (Fsp3) is 1.00. The minimum absolute atomic E-state index is 1.01. The van der Waals surface area contributed by atoms with Gasteiger partial charge in [0.1, 0.15) is 0 Å². The molecule has 0 aromatic heterocycles. The summed E-state index contributed by atoms with van der Waals surface area (Å²) >= 11 is 0. The normalized spacial score (nSPS) is 19.9. The Morgan fingerprint density at radius 1 is 0.833 bits per heavy atom. The van der Waals surface area contributed by atoms with Crippen molar-refractivity contribution in [3.63, 3.8) is 0 Å². The van der Waals surface area contributed by atoms with Crippen LogP contribution in [-0.4, -0.2) is 37.6 Å². The monoisotopic (exact) mass is 459 g/mol. The molecule has 0 spiro atoms. The number of alkyl halides is 3. The van der Waals surface area contributed by atoms with Gasteiger partial charge in [-0.05, 0) is 44.9 Å². The van der Waals surface area contributed by atoms with Crippen molar-refractivity contribution in [3.05, 3.63) is 0 Å². The van der Waals surface area contributed by atoms with Crippen molar-refractivity contribution in [3.8, 4) is 0 Å². The second kappa shape index (κ2) is 17.2. The number of halogens is 3. The summed E-state index contributed by atoms with van der Waals surface area (Å²) in [4.78, 5) is 1.96. The van der Waals surface area contributed by atoms with Gasteiger partial charge >= 0.3 is 5.51 Å². The molecule has 30 heavy (non-hydrogen) atoms. The Balaban J connectivity index is 0.000000890. The first kappa shape index (κ1) is 29.7. The van der Waals surface area contributed by atoms with Crippen LogP contribution in [-0.2, 0) is 10.1 Å². The molecule has 0 aliphatic carbocycles. The third-order valence-corrected chi connectivity index (χ3v) is 6.49. The molecule has 2 atom stereocenters. The molecule has 1 N–H and O–H groups in total. The summed E-state index contributed by atoms with van der Waals surface area (Å²) in [6.45, 7) is 7.57. The highest BCUT2D eigenvalue weighted by Gasteiger charge is 2.36. The van der Waals surface area contributed by atoms with E-state index in [4.69, 9.17) is 13.0 Å². The molecule has 4 nitrogen and oxygen atoms in total. The van der Waals surface area contributed by atoms with Crippen LogP contribution >= 0.6 is 0 Å². The van der Waals surface area contributed by atoms with Crippen molar-refractivity contribution in [1.29, 1.82) is 0 Å². The Bertz CT molecular complexity index is 498. The molecule has 0 amide bonds. The van der Waals surface area contributed by atoms with Gasteiger partial charge in [-0.15, -0.1) is 0 Å². The number of piperidine rings is 1. The van der Waals surface area contributed by atoms with Crippen LogP contribution in [0.4, 0.5) is 13.2 Å². The van der Waals surface area contributed by atoms with Gasteiger partial charge in [0.15, 0.2) is 10.1 Å². The van der Waals surface area contributed by atoms with Crippen molar-refractivity contribution in [2.24, 2.45) is 0 Å². The van der Waals surface area contributed by atoms with Crippen molar-refractivity contribution < 1.29 is 31.0 Å². The maximum atomic E-state index is 10.7. The molecule has 1 aliphatic rings. The SMILES string of the molecule is CCCCCCCCCCCC[NH+]1CCCCC1CCCC.O=S(=O)([O-])C(F)(F)F. The van der Waals surface area contributed by atoms with Crippen molar-refractivity contribution in [1.82, 2.24) is 0 Å². The molecule has 0 aromatic carbocycles. The summed E-state index contributed by atoms with van der Waals surface area (Å²) in [6, 6.07) is 1.01. The molecule has 182 valence electrons. The molecule has 1 fully saturated rings. The third-order valence-electron chi connectivity index (χ3n) is 5.92. The molecular formula is C22H44F3NO3S. The predicted octanol–water partition coefficient (Wildman–Crippen LogP) is 5.59. The Morgan fingerprint density at radius 2 is 1.30 bits per heavy atom. The summed E-state index contributed by atoms with van der Waals surface area (Å²) in [7, 11) is -6.09. The first-order chi connectivity index (χ1) is 14.1. The molecule has 1 aliphatic heterocycles. The van der Waals surface area contributed by atoms with Gasteiger partial charge < -0.3 is 9.45 Å². The molecule has 2 unspecified atom stereocenters. The number of unbranched alkanes of at least 4 members (excludes halogenated alkanes) is 10.